The molecule has 1 aliphatic heterocycles. The molecule has 0 saturated heterocycles. The summed E-state index contributed by atoms with van der Waals surface area (Å²) in [5, 5.41) is 0. The van der Waals surface area contributed by atoms with Crippen molar-refractivity contribution in [3.63, 3.8) is 0 Å². The first-order valence-electron chi connectivity index (χ1n) is 9.24. The zero-order valence-corrected chi connectivity index (χ0v) is 17.1. The molecule has 0 fully saturated rings. The minimum absolute atomic E-state index is 0.231. The highest BCUT2D eigenvalue weighted by Gasteiger charge is 2.31. The molecule has 2 N–H and O–H groups in total. The highest BCUT2D eigenvalue weighted by Crippen LogP contribution is 2.32. The molecular weight excluding hydrogens is 410 g/mol. The van der Waals surface area contributed by atoms with Gasteiger partial charge in [-0.05, 0) is 48.4 Å². The van der Waals surface area contributed by atoms with Gasteiger partial charge in [-0.1, -0.05) is 24.3 Å². The predicted molar refractivity (Wildman–Crippen MR) is 114 cm³/mol. The van der Waals surface area contributed by atoms with Gasteiger partial charge in [0.2, 0.25) is 0 Å². The van der Waals surface area contributed by atoms with Crippen molar-refractivity contribution in [1.29, 1.82) is 0 Å². The van der Waals surface area contributed by atoms with Gasteiger partial charge in [0.1, 0.15) is 5.75 Å². The number of nitrogen functional groups attached to an aromatic ring is 1. The summed E-state index contributed by atoms with van der Waals surface area (Å²) in [5.74, 6) is -0.231. The van der Waals surface area contributed by atoms with E-state index in [1.807, 2.05) is 31.2 Å². The molecule has 1 aliphatic rings. The summed E-state index contributed by atoms with van der Waals surface area (Å²) in [6.07, 6.45) is -4.69. The number of nitrogens with two attached hydrogens (primary N) is 1. The number of aryl methyl sites for hydroxylation is 1. The van der Waals surface area contributed by atoms with Crippen LogP contribution in [0.1, 0.15) is 22.4 Å². The molecule has 154 valence electrons. The van der Waals surface area contributed by atoms with Crippen molar-refractivity contribution in [2.24, 2.45) is 0 Å². The van der Waals surface area contributed by atoms with E-state index >= 15 is 0 Å². The maximum Gasteiger partial charge on any atom is 0.573 e. The molecule has 4 nitrogen and oxygen atoms in total. The van der Waals surface area contributed by atoms with Gasteiger partial charge in [0.25, 0.3) is 0 Å². The first kappa shape index (κ1) is 20.4. The van der Waals surface area contributed by atoms with Gasteiger partial charge in [-0.2, -0.15) is 0 Å². The van der Waals surface area contributed by atoms with Gasteiger partial charge in [-0.25, -0.2) is 0 Å². The fourth-order valence-corrected chi connectivity index (χ4v) is 4.13. The van der Waals surface area contributed by atoms with E-state index in [2.05, 4.69) is 24.6 Å². The Hall–Kier alpha value is -2.89. The smallest absolute Gasteiger partial charge is 0.406 e. The third-order valence-corrected chi connectivity index (χ3v) is 5.48. The highest BCUT2D eigenvalue weighted by molar-refractivity contribution is 7.22. The fraction of sp³-hybridized carbons (Fsp3) is 0.182. The first-order chi connectivity index (χ1) is 14.2. The van der Waals surface area contributed by atoms with Crippen molar-refractivity contribution in [3.05, 3.63) is 77.0 Å². The number of halogens is 3. The van der Waals surface area contributed by atoms with E-state index < -0.39 is 6.36 Å². The number of ether oxygens (including phenoxy) is 1. The van der Waals surface area contributed by atoms with Crippen LogP contribution < -0.4 is 10.5 Å². The van der Waals surface area contributed by atoms with Crippen LogP contribution >= 0.6 is 8.86 Å². The third kappa shape index (κ3) is 4.32. The number of fused-ring (bicyclic) bond motifs is 1. The van der Waals surface area contributed by atoms with E-state index in [-0.39, 0.29) is 5.75 Å². The molecule has 0 bridgehead atoms. The van der Waals surface area contributed by atoms with Crippen LogP contribution in [-0.2, 0) is 13.1 Å². The highest BCUT2D eigenvalue weighted by atomic mass is 31.0. The Kier molecular flexibility index (Phi) is 5.26. The normalized spacial score (nSPS) is 14.1. The molecule has 0 aliphatic carbocycles. The minimum Gasteiger partial charge on any atom is -0.406 e. The molecule has 0 amide bonds. The summed E-state index contributed by atoms with van der Waals surface area (Å²) >= 11 is 0. The second-order valence-corrected chi connectivity index (χ2v) is 7.62. The maximum absolute atomic E-state index is 12.3. The van der Waals surface area contributed by atoms with Crippen molar-refractivity contribution in [3.8, 4) is 17.0 Å². The summed E-state index contributed by atoms with van der Waals surface area (Å²) < 4.78 is 40.9. The summed E-state index contributed by atoms with van der Waals surface area (Å²) in [6.45, 7) is 3.15. The van der Waals surface area contributed by atoms with Crippen LogP contribution in [0.5, 0.6) is 5.75 Å². The summed E-state index contributed by atoms with van der Waals surface area (Å²) in [4.78, 5) is 6.85. The molecule has 2 aromatic carbocycles. The SMILES string of the molecule is Cc1nc(-c2cccc(N)c2)cc2c1C(=P)N(Cc1ccc(OC(F)(F)F)cc1)C2. The number of aromatic nitrogens is 1. The Labute approximate surface area is 174 Å². The first-order valence-corrected chi connectivity index (χ1v) is 9.74. The van der Waals surface area contributed by atoms with Crippen LogP contribution in [0, 0.1) is 6.92 Å². The summed E-state index contributed by atoms with van der Waals surface area (Å²) in [7, 11) is 3.73. The van der Waals surface area contributed by atoms with Crippen molar-refractivity contribution in [2.45, 2.75) is 26.4 Å². The number of hydrogen-bond acceptors (Lipinski definition) is 3. The number of rotatable bonds is 4. The van der Waals surface area contributed by atoms with E-state index in [0.717, 1.165) is 39.1 Å². The van der Waals surface area contributed by atoms with Gasteiger partial charge >= 0.3 is 6.36 Å². The molecule has 8 heteroatoms. The number of pyridine rings is 1. The lowest BCUT2D eigenvalue weighted by molar-refractivity contribution is -0.274. The number of benzene rings is 2. The Morgan fingerprint density at radius 3 is 2.53 bits per heavy atom. The Morgan fingerprint density at radius 2 is 1.87 bits per heavy atom. The van der Waals surface area contributed by atoms with Crippen molar-refractivity contribution in [2.75, 3.05) is 5.73 Å². The predicted octanol–water partition coefficient (Wildman–Crippen LogP) is 5.17. The lowest BCUT2D eigenvalue weighted by atomic mass is 10.0. The number of anilines is 1. The largest absolute Gasteiger partial charge is 0.573 e. The van der Waals surface area contributed by atoms with Crippen LogP contribution in [0.2, 0.25) is 0 Å². The lowest BCUT2D eigenvalue weighted by Gasteiger charge is -2.17. The molecule has 0 atom stereocenters. The molecule has 1 aromatic heterocycles. The van der Waals surface area contributed by atoms with Crippen molar-refractivity contribution in [1.82, 2.24) is 9.88 Å². The maximum atomic E-state index is 12.3. The van der Waals surface area contributed by atoms with E-state index in [9.17, 15) is 13.2 Å². The molecule has 2 heterocycles. The van der Waals surface area contributed by atoms with Crippen LogP contribution in [0.4, 0.5) is 18.9 Å². The molecule has 3 aromatic rings. The molecule has 30 heavy (non-hydrogen) atoms. The molecule has 4 rings (SSSR count). The van der Waals surface area contributed by atoms with E-state index in [1.165, 1.54) is 12.1 Å². The van der Waals surface area contributed by atoms with Gasteiger partial charge in [-0.15, -0.1) is 22.0 Å². The van der Waals surface area contributed by atoms with Gasteiger partial charge in [0.05, 0.1) is 5.69 Å². The molecule has 0 spiro atoms. The van der Waals surface area contributed by atoms with Gasteiger partial charge in [0, 0.05) is 41.0 Å². The number of alkyl halides is 3. The molecule has 0 unspecified atom stereocenters. The zero-order valence-electron chi connectivity index (χ0n) is 16.1. The number of hydrogen-bond donors (Lipinski definition) is 1. The molecule has 0 saturated carbocycles. The average Bonchev–Trinajstić information content (AvgIpc) is 2.98. The minimum atomic E-state index is -4.69. The van der Waals surface area contributed by atoms with Crippen LogP contribution in [0.25, 0.3) is 11.3 Å². The van der Waals surface area contributed by atoms with E-state index in [0.29, 0.717) is 18.8 Å². The third-order valence-electron chi connectivity index (χ3n) is 4.91. The van der Waals surface area contributed by atoms with Gasteiger partial charge < -0.3 is 10.5 Å². The topological polar surface area (TPSA) is 51.4 Å². The second kappa shape index (κ2) is 7.74. The average molecular weight is 429 g/mol. The fourth-order valence-electron chi connectivity index (χ4n) is 3.63. The number of nitrogens with zero attached hydrogens (tertiary/aromatic N) is 2. The van der Waals surface area contributed by atoms with E-state index in [1.54, 1.807) is 12.1 Å². The quantitative estimate of drug-likeness (QED) is 0.459. The van der Waals surface area contributed by atoms with Crippen LogP contribution in [0.15, 0.2) is 54.6 Å². The zero-order chi connectivity index (χ0) is 21.5. The van der Waals surface area contributed by atoms with E-state index in [4.69, 9.17) is 10.7 Å². The molecular formula is C22H19F3N3OP. The Morgan fingerprint density at radius 1 is 1.13 bits per heavy atom. The Bertz CT molecular complexity index is 1110. The lowest BCUT2D eigenvalue weighted by Crippen LogP contribution is -2.22. The molecule has 0 radical (unpaired) electrons. The second-order valence-electron chi connectivity index (χ2n) is 7.15. The summed E-state index contributed by atoms with van der Waals surface area (Å²) in [6, 6.07) is 15.6. The van der Waals surface area contributed by atoms with Crippen LogP contribution in [-0.4, -0.2) is 21.7 Å². The monoisotopic (exact) mass is 429 g/mol. The van der Waals surface area contributed by atoms with Crippen molar-refractivity contribution < 1.29 is 17.9 Å². The van der Waals surface area contributed by atoms with Crippen LogP contribution in [0.3, 0.4) is 0 Å². The Balaban J connectivity index is 1.54. The van der Waals surface area contributed by atoms with Crippen molar-refractivity contribution >= 4 is 20.0 Å². The summed E-state index contributed by atoms with van der Waals surface area (Å²) in [5.41, 5.74) is 13.2. The van der Waals surface area contributed by atoms with Gasteiger partial charge in [0.15, 0.2) is 0 Å². The van der Waals surface area contributed by atoms with Gasteiger partial charge in [-0.3, -0.25) is 9.88 Å². The standard InChI is InChI=1S/C22H19F3N3OP/c1-13-20-16(10-19(27-13)15-3-2-4-17(26)9-15)12-28(21(20)30)11-14-5-7-18(8-6-14)29-22(23,24)25/h2-10,30H,11-12,26H2,1H3.